The van der Waals surface area contributed by atoms with Gasteiger partial charge in [0, 0.05) is 30.4 Å². The molecule has 1 aromatic rings. The summed E-state index contributed by atoms with van der Waals surface area (Å²) >= 11 is 0. The van der Waals surface area contributed by atoms with Crippen LogP contribution >= 0.6 is 0 Å². The van der Waals surface area contributed by atoms with E-state index in [2.05, 4.69) is 35.8 Å². The van der Waals surface area contributed by atoms with Crippen LogP contribution in [0.3, 0.4) is 0 Å². The second kappa shape index (κ2) is 7.31. The highest BCUT2D eigenvalue weighted by molar-refractivity contribution is 5.75. The van der Waals surface area contributed by atoms with Crippen molar-refractivity contribution in [2.75, 3.05) is 25.4 Å². The molecule has 0 bridgehead atoms. The molecule has 0 saturated heterocycles. The summed E-state index contributed by atoms with van der Waals surface area (Å²) < 4.78 is 0. The van der Waals surface area contributed by atoms with Crippen molar-refractivity contribution in [3.05, 3.63) is 35.9 Å². The van der Waals surface area contributed by atoms with E-state index in [-0.39, 0.29) is 0 Å². The number of para-hydroxylation sites is 1. The molecule has 0 amide bonds. The van der Waals surface area contributed by atoms with Crippen molar-refractivity contribution in [2.24, 2.45) is 0 Å². The fraction of sp³-hybridized carbons (Fsp3) is 0.500. The van der Waals surface area contributed by atoms with Crippen LogP contribution < -0.4 is 16.4 Å². The average molecular weight is 259 g/mol. The Hall–Kier alpha value is -1.32. The molecule has 1 heterocycles. The van der Waals surface area contributed by atoms with Crippen LogP contribution in [0.1, 0.15) is 31.7 Å². The minimum absolute atomic E-state index is 0.511. The lowest BCUT2D eigenvalue weighted by molar-refractivity contribution is 0.486. The fourth-order valence-corrected chi connectivity index (χ4v) is 2.50. The van der Waals surface area contributed by atoms with Crippen LogP contribution in [0.4, 0.5) is 5.69 Å². The van der Waals surface area contributed by atoms with E-state index in [1.165, 1.54) is 24.0 Å². The summed E-state index contributed by atoms with van der Waals surface area (Å²) in [5, 5.41) is 7.06. The minimum atomic E-state index is 0.511. The number of anilines is 1. The first-order valence-electron chi connectivity index (χ1n) is 7.29. The van der Waals surface area contributed by atoms with E-state index in [1.54, 1.807) is 0 Å². The first-order valence-corrected chi connectivity index (χ1v) is 7.29. The standard InChI is InChI=1S/C16H25N3/c1-2-3-9-18-12-14-11-13(8-10-19-14)15-6-4-5-7-16(15)17/h4-8,14,18-19H,2-3,9-12,17H2,1H3. The second-order valence-electron chi connectivity index (χ2n) is 5.18. The third-order valence-electron chi connectivity index (χ3n) is 3.63. The van der Waals surface area contributed by atoms with Crippen LogP contribution in [0.2, 0.25) is 0 Å². The summed E-state index contributed by atoms with van der Waals surface area (Å²) in [4.78, 5) is 0. The summed E-state index contributed by atoms with van der Waals surface area (Å²) in [6.45, 7) is 5.30. The second-order valence-corrected chi connectivity index (χ2v) is 5.18. The van der Waals surface area contributed by atoms with Gasteiger partial charge < -0.3 is 16.4 Å². The number of hydrogen-bond donors (Lipinski definition) is 3. The number of nitrogen functional groups attached to an aromatic ring is 1. The van der Waals surface area contributed by atoms with E-state index in [9.17, 15) is 0 Å². The van der Waals surface area contributed by atoms with Crippen molar-refractivity contribution in [1.29, 1.82) is 0 Å². The summed E-state index contributed by atoms with van der Waals surface area (Å²) in [5.41, 5.74) is 9.51. The Morgan fingerprint density at radius 1 is 1.37 bits per heavy atom. The number of nitrogens with one attached hydrogen (secondary N) is 2. The normalized spacial score (nSPS) is 19.2. The van der Waals surface area contributed by atoms with E-state index < -0.39 is 0 Å². The molecule has 1 unspecified atom stereocenters. The van der Waals surface area contributed by atoms with Gasteiger partial charge in [0.05, 0.1) is 0 Å². The summed E-state index contributed by atoms with van der Waals surface area (Å²) in [6, 6.07) is 8.66. The van der Waals surface area contributed by atoms with Gasteiger partial charge in [-0.15, -0.1) is 0 Å². The molecule has 104 valence electrons. The maximum atomic E-state index is 6.06. The monoisotopic (exact) mass is 259 g/mol. The zero-order valence-corrected chi connectivity index (χ0v) is 11.8. The van der Waals surface area contributed by atoms with Gasteiger partial charge in [-0.1, -0.05) is 37.6 Å². The zero-order valence-electron chi connectivity index (χ0n) is 11.8. The number of benzene rings is 1. The van der Waals surface area contributed by atoms with Crippen LogP contribution in [0.5, 0.6) is 0 Å². The third kappa shape index (κ3) is 4.08. The summed E-state index contributed by atoms with van der Waals surface area (Å²) in [6.07, 6.45) is 5.80. The molecule has 1 aliphatic heterocycles. The van der Waals surface area contributed by atoms with Crippen molar-refractivity contribution in [2.45, 2.75) is 32.2 Å². The molecule has 3 heteroatoms. The predicted octanol–water partition coefficient (Wildman–Crippen LogP) is 2.40. The molecule has 0 radical (unpaired) electrons. The Kier molecular flexibility index (Phi) is 5.43. The fourth-order valence-electron chi connectivity index (χ4n) is 2.50. The number of nitrogens with two attached hydrogens (primary N) is 1. The van der Waals surface area contributed by atoms with Gasteiger partial charge >= 0.3 is 0 Å². The van der Waals surface area contributed by atoms with E-state index in [4.69, 9.17) is 5.73 Å². The molecule has 0 aliphatic carbocycles. The molecule has 1 aromatic carbocycles. The maximum absolute atomic E-state index is 6.06. The predicted molar refractivity (Wildman–Crippen MR) is 83.0 cm³/mol. The Labute approximate surface area is 116 Å². The van der Waals surface area contributed by atoms with Gasteiger partial charge in [-0.2, -0.15) is 0 Å². The third-order valence-corrected chi connectivity index (χ3v) is 3.63. The highest BCUT2D eigenvalue weighted by Crippen LogP contribution is 2.26. The number of rotatable bonds is 6. The molecule has 0 saturated carbocycles. The van der Waals surface area contributed by atoms with Crippen LogP contribution in [-0.2, 0) is 0 Å². The molecule has 0 fully saturated rings. The molecule has 19 heavy (non-hydrogen) atoms. The van der Waals surface area contributed by atoms with Crippen LogP contribution in [0.25, 0.3) is 5.57 Å². The first-order chi connectivity index (χ1) is 9.31. The molecule has 0 spiro atoms. The van der Waals surface area contributed by atoms with Crippen molar-refractivity contribution in [3.63, 3.8) is 0 Å². The number of hydrogen-bond acceptors (Lipinski definition) is 3. The van der Waals surface area contributed by atoms with E-state index in [1.807, 2.05) is 12.1 Å². The van der Waals surface area contributed by atoms with Crippen molar-refractivity contribution in [1.82, 2.24) is 10.6 Å². The van der Waals surface area contributed by atoms with Gasteiger partial charge in [-0.25, -0.2) is 0 Å². The van der Waals surface area contributed by atoms with Gasteiger partial charge in [0.25, 0.3) is 0 Å². The maximum Gasteiger partial charge on any atom is 0.0390 e. The van der Waals surface area contributed by atoms with Crippen LogP contribution in [0.15, 0.2) is 30.3 Å². The van der Waals surface area contributed by atoms with Gasteiger partial charge in [0.15, 0.2) is 0 Å². The lowest BCUT2D eigenvalue weighted by atomic mass is 9.94. The van der Waals surface area contributed by atoms with E-state index in [0.717, 1.165) is 31.7 Å². The SMILES string of the molecule is CCCCNCC1CC(c2ccccc2N)=CCN1. The van der Waals surface area contributed by atoms with Gasteiger partial charge in [0.1, 0.15) is 0 Å². The Balaban J connectivity index is 1.90. The Morgan fingerprint density at radius 3 is 3.00 bits per heavy atom. The number of unbranched alkanes of at least 4 members (excludes halogenated alkanes) is 1. The smallest absolute Gasteiger partial charge is 0.0390 e. The molecule has 1 atom stereocenters. The quantitative estimate of drug-likeness (QED) is 0.543. The molecular weight excluding hydrogens is 234 g/mol. The summed E-state index contributed by atoms with van der Waals surface area (Å²) in [5.74, 6) is 0. The largest absolute Gasteiger partial charge is 0.398 e. The topological polar surface area (TPSA) is 50.1 Å². The van der Waals surface area contributed by atoms with Gasteiger partial charge in [0.2, 0.25) is 0 Å². The lowest BCUT2D eigenvalue weighted by Gasteiger charge is -2.25. The molecule has 0 aromatic heterocycles. The zero-order chi connectivity index (χ0) is 13.5. The lowest BCUT2D eigenvalue weighted by Crippen LogP contribution is -2.41. The minimum Gasteiger partial charge on any atom is -0.398 e. The Bertz CT molecular complexity index is 426. The molecule has 2 rings (SSSR count). The van der Waals surface area contributed by atoms with Crippen molar-refractivity contribution in [3.8, 4) is 0 Å². The van der Waals surface area contributed by atoms with Crippen molar-refractivity contribution < 1.29 is 0 Å². The average Bonchev–Trinajstić information content (AvgIpc) is 2.44. The summed E-state index contributed by atoms with van der Waals surface area (Å²) in [7, 11) is 0. The van der Waals surface area contributed by atoms with Gasteiger partial charge in [-0.05, 0) is 31.0 Å². The van der Waals surface area contributed by atoms with E-state index >= 15 is 0 Å². The van der Waals surface area contributed by atoms with E-state index in [0.29, 0.717) is 6.04 Å². The van der Waals surface area contributed by atoms with Crippen molar-refractivity contribution >= 4 is 11.3 Å². The highest BCUT2D eigenvalue weighted by Gasteiger charge is 2.16. The van der Waals surface area contributed by atoms with Crippen LogP contribution in [0, 0.1) is 0 Å². The van der Waals surface area contributed by atoms with Crippen LogP contribution in [-0.4, -0.2) is 25.7 Å². The Morgan fingerprint density at radius 2 is 2.21 bits per heavy atom. The molecule has 4 N–H and O–H groups in total. The molecule has 1 aliphatic rings. The van der Waals surface area contributed by atoms with Gasteiger partial charge in [-0.3, -0.25) is 0 Å². The molecule has 3 nitrogen and oxygen atoms in total. The first kappa shape index (κ1) is 14.1. The highest BCUT2D eigenvalue weighted by atomic mass is 15.0. The molecular formula is C16H25N3.